The van der Waals surface area contributed by atoms with Crippen molar-refractivity contribution in [3.8, 4) is 0 Å². The molecular weight excluding hydrogens is 273 g/mol. The molecule has 0 aliphatic rings. The summed E-state index contributed by atoms with van der Waals surface area (Å²) in [5, 5.41) is 4.01. The number of nitrogens with zero attached hydrogens (tertiary/aromatic N) is 2. The van der Waals surface area contributed by atoms with Crippen molar-refractivity contribution in [3.63, 3.8) is 0 Å². The molecule has 102 valence electrons. The Morgan fingerprint density at radius 2 is 2.11 bits per heavy atom. The van der Waals surface area contributed by atoms with Crippen LogP contribution >= 0.6 is 23.2 Å². The van der Waals surface area contributed by atoms with Crippen molar-refractivity contribution >= 4 is 34.8 Å². The van der Waals surface area contributed by atoms with Gasteiger partial charge >= 0.3 is 0 Å². The number of rotatable bonds is 6. The van der Waals surface area contributed by atoms with Crippen molar-refractivity contribution in [2.24, 2.45) is 0 Å². The number of methoxy groups -OCH3 is 1. The summed E-state index contributed by atoms with van der Waals surface area (Å²) in [5.41, 5.74) is 0. The third-order valence-corrected chi connectivity index (χ3v) is 3.27. The van der Waals surface area contributed by atoms with Crippen LogP contribution < -0.4 is 10.2 Å². The van der Waals surface area contributed by atoms with E-state index in [1.165, 1.54) is 0 Å². The normalized spacial score (nSPS) is 12.3. The van der Waals surface area contributed by atoms with E-state index >= 15 is 0 Å². The van der Waals surface area contributed by atoms with Gasteiger partial charge in [0.25, 0.3) is 0 Å². The SMILES string of the molecule is CCN(c1nc(NC)c(Cl)cc1Cl)C(C)COC. The second-order valence-electron chi connectivity index (χ2n) is 3.96. The zero-order valence-corrected chi connectivity index (χ0v) is 12.6. The Morgan fingerprint density at radius 3 is 2.61 bits per heavy atom. The lowest BCUT2D eigenvalue weighted by Crippen LogP contribution is -2.37. The fraction of sp³-hybridized carbons (Fsp3) is 0.583. The minimum atomic E-state index is 0.191. The first-order chi connectivity index (χ1) is 8.54. The third-order valence-electron chi connectivity index (χ3n) is 2.70. The molecule has 18 heavy (non-hydrogen) atoms. The van der Waals surface area contributed by atoms with E-state index in [9.17, 15) is 0 Å². The smallest absolute Gasteiger partial charge is 0.150 e. The Hall–Kier alpha value is -0.710. The Labute approximate surface area is 118 Å². The molecule has 1 aromatic rings. The van der Waals surface area contributed by atoms with Crippen LogP contribution in [0.25, 0.3) is 0 Å². The highest BCUT2D eigenvalue weighted by molar-refractivity contribution is 6.37. The number of anilines is 2. The number of aromatic nitrogens is 1. The Kier molecular flexibility index (Phi) is 5.99. The summed E-state index contributed by atoms with van der Waals surface area (Å²) in [7, 11) is 3.46. The first-order valence-electron chi connectivity index (χ1n) is 5.84. The molecule has 0 amide bonds. The van der Waals surface area contributed by atoms with Gasteiger partial charge in [0, 0.05) is 20.7 Å². The molecule has 0 radical (unpaired) electrons. The lowest BCUT2D eigenvalue weighted by molar-refractivity contribution is 0.181. The monoisotopic (exact) mass is 291 g/mol. The average molecular weight is 292 g/mol. The maximum atomic E-state index is 6.22. The molecule has 1 atom stereocenters. The van der Waals surface area contributed by atoms with Crippen molar-refractivity contribution in [3.05, 3.63) is 16.1 Å². The van der Waals surface area contributed by atoms with Gasteiger partial charge in [0.05, 0.1) is 22.7 Å². The van der Waals surface area contributed by atoms with E-state index in [-0.39, 0.29) is 6.04 Å². The first-order valence-corrected chi connectivity index (χ1v) is 6.60. The lowest BCUT2D eigenvalue weighted by Gasteiger charge is -2.29. The molecule has 4 nitrogen and oxygen atoms in total. The number of nitrogens with one attached hydrogen (secondary N) is 1. The van der Waals surface area contributed by atoms with E-state index in [1.807, 2.05) is 0 Å². The van der Waals surface area contributed by atoms with Crippen LogP contribution in [0.1, 0.15) is 13.8 Å². The van der Waals surface area contributed by atoms with Gasteiger partial charge in [-0.2, -0.15) is 0 Å². The van der Waals surface area contributed by atoms with Crippen LogP contribution in [0, 0.1) is 0 Å². The molecule has 0 spiro atoms. The van der Waals surface area contributed by atoms with E-state index in [4.69, 9.17) is 27.9 Å². The van der Waals surface area contributed by atoms with Crippen LogP contribution in [0.15, 0.2) is 6.07 Å². The van der Waals surface area contributed by atoms with Crippen LogP contribution in [0.3, 0.4) is 0 Å². The molecular formula is C12H19Cl2N3O. The van der Waals surface area contributed by atoms with Crippen LogP contribution in [0.2, 0.25) is 10.0 Å². The standard InChI is InChI=1S/C12H19Cl2N3O/c1-5-17(8(2)7-18-4)12-10(14)6-9(13)11(15-3)16-12/h6,8H,5,7H2,1-4H3,(H,15,16). The van der Waals surface area contributed by atoms with E-state index in [2.05, 4.69) is 29.0 Å². The summed E-state index contributed by atoms with van der Waals surface area (Å²) < 4.78 is 5.17. The van der Waals surface area contributed by atoms with Crippen LogP contribution in [-0.4, -0.2) is 38.3 Å². The molecule has 1 heterocycles. The minimum absolute atomic E-state index is 0.191. The summed E-state index contributed by atoms with van der Waals surface area (Å²) >= 11 is 12.3. The van der Waals surface area contributed by atoms with E-state index in [0.29, 0.717) is 22.5 Å². The van der Waals surface area contributed by atoms with Crippen LogP contribution in [-0.2, 0) is 4.74 Å². The average Bonchev–Trinajstić information content (AvgIpc) is 2.33. The van der Waals surface area contributed by atoms with Crippen molar-refractivity contribution < 1.29 is 4.74 Å². The summed E-state index contributed by atoms with van der Waals surface area (Å²) in [6, 6.07) is 1.90. The van der Waals surface area contributed by atoms with Gasteiger partial charge in [-0.3, -0.25) is 0 Å². The van der Waals surface area contributed by atoms with Crippen LogP contribution in [0.4, 0.5) is 11.6 Å². The van der Waals surface area contributed by atoms with Gasteiger partial charge in [-0.15, -0.1) is 0 Å². The minimum Gasteiger partial charge on any atom is -0.383 e. The maximum Gasteiger partial charge on any atom is 0.150 e. The van der Waals surface area contributed by atoms with E-state index < -0.39 is 0 Å². The zero-order chi connectivity index (χ0) is 13.7. The fourth-order valence-electron chi connectivity index (χ4n) is 1.83. The van der Waals surface area contributed by atoms with E-state index in [1.54, 1.807) is 20.2 Å². The molecule has 1 aromatic heterocycles. The first kappa shape index (κ1) is 15.3. The van der Waals surface area contributed by atoms with Crippen LogP contribution in [0.5, 0.6) is 0 Å². The summed E-state index contributed by atoms with van der Waals surface area (Å²) in [5.74, 6) is 1.34. The quantitative estimate of drug-likeness (QED) is 0.873. The Balaban J connectivity index is 3.12. The second-order valence-corrected chi connectivity index (χ2v) is 4.78. The van der Waals surface area contributed by atoms with Crippen molar-refractivity contribution in [2.75, 3.05) is 37.5 Å². The van der Waals surface area contributed by atoms with Gasteiger partial charge < -0.3 is 15.0 Å². The van der Waals surface area contributed by atoms with Gasteiger partial charge in [0.15, 0.2) is 0 Å². The van der Waals surface area contributed by atoms with Gasteiger partial charge in [-0.05, 0) is 19.9 Å². The molecule has 1 unspecified atom stereocenters. The predicted octanol–water partition coefficient (Wildman–Crippen LogP) is 3.29. The molecule has 0 fully saturated rings. The molecule has 0 saturated heterocycles. The molecule has 1 rings (SSSR count). The Morgan fingerprint density at radius 1 is 1.44 bits per heavy atom. The number of likely N-dealkylation sites (N-methyl/N-ethyl adjacent to an activating group) is 1. The molecule has 6 heteroatoms. The van der Waals surface area contributed by atoms with Gasteiger partial charge in [-0.1, -0.05) is 23.2 Å². The largest absolute Gasteiger partial charge is 0.383 e. The molecule has 0 aliphatic carbocycles. The summed E-state index contributed by atoms with van der Waals surface area (Å²) in [4.78, 5) is 6.55. The van der Waals surface area contributed by atoms with Gasteiger partial charge in [0.2, 0.25) is 0 Å². The number of hydrogen-bond acceptors (Lipinski definition) is 4. The molecule has 0 aliphatic heterocycles. The van der Waals surface area contributed by atoms with Crippen molar-refractivity contribution in [1.82, 2.24) is 4.98 Å². The summed E-state index contributed by atoms with van der Waals surface area (Å²) in [6.45, 7) is 5.53. The van der Waals surface area contributed by atoms with E-state index in [0.717, 1.165) is 12.4 Å². The highest BCUT2D eigenvalue weighted by atomic mass is 35.5. The molecule has 0 aromatic carbocycles. The molecule has 1 N–H and O–H groups in total. The highest BCUT2D eigenvalue weighted by Gasteiger charge is 2.18. The number of halogens is 2. The van der Waals surface area contributed by atoms with Crippen molar-refractivity contribution in [1.29, 1.82) is 0 Å². The summed E-state index contributed by atoms with van der Waals surface area (Å²) in [6.07, 6.45) is 0. The zero-order valence-electron chi connectivity index (χ0n) is 11.1. The topological polar surface area (TPSA) is 37.4 Å². The molecule has 0 saturated carbocycles. The highest BCUT2D eigenvalue weighted by Crippen LogP contribution is 2.32. The number of pyridine rings is 1. The second kappa shape index (κ2) is 7.02. The van der Waals surface area contributed by atoms with Gasteiger partial charge in [0.1, 0.15) is 11.6 Å². The number of hydrogen-bond donors (Lipinski definition) is 1. The maximum absolute atomic E-state index is 6.22. The fourth-order valence-corrected chi connectivity index (χ4v) is 2.40. The van der Waals surface area contributed by atoms with Gasteiger partial charge in [-0.25, -0.2) is 4.98 Å². The lowest BCUT2D eigenvalue weighted by atomic mass is 10.3. The van der Waals surface area contributed by atoms with Crippen molar-refractivity contribution in [2.45, 2.75) is 19.9 Å². The molecule has 0 bridgehead atoms. The third kappa shape index (κ3) is 3.40. The number of ether oxygens (including phenoxy) is 1. The Bertz CT molecular complexity index is 401. The predicted molar refractivity (Wildman–Crippen MR) is 78.2 cm³/mol.